The van der Waals surface area contributed by atoms with Gasteiger partial charge in [-0.2, -0.15) is 0 Å². The maximum absolute atomic E-state index is 15.2. The third kappa shape index (κ3) is 5.53. The van der Waals surface area contributed by atoms with Crippen molar-refractivity contribution in [2.24, 2.45) is 5.92 Å². The second-order valence-electron chi connectivity index (χ2n) is 10.6. The zero-order valence-corrected chi connectivity index (χ0v) is 20.8. The van der Waals surface area contributed by atoms with Crippen LogP contribution in [0.3, 0.4) is 0 Å². The monoisotopic (exact) mass is 498 g/mol. The van der Waals surface area contributed by atoms with Gasteiger partial charge in [-0.15, -0.1) is 0 Å². The zero-order chi connectivity index (χ0) is 25.1. The number of nitrogens with one attached hydrogen (secondary N) is 1. The predicted octanol–water partition coefficient (Wildman–Crippen LogP) is 5.44. The van der Waals surface area contributed by atoms with E-state index >= 15 is 4.39 Å². The van der Waals surface area contributed by atoms with Crippen molar-refractivity contribution < 1.29 is 18.7 Å². The Bertz CT molecular complexity index is 1080. The Hall–Kier alpha value is -2.61. The Kier molecular flexibility index (Phi) is 7.79. The van der Waals surface area contributed by atoms with E-state index in [-0.39, 0.29) is 11.8 Å². The van der Waals surface area contributed by atoms with Crippen LogP contribution >= 0.6 is 0 Å². The molecule has 1 saturated carbocycles. The van der Waals surface area contributed by atoms with Crippen LogP contribution in [0.2, 0.25) is 0 Å². The molecule has 1 unspecified atom stereocenters. The molecule has 36 heavy (non-hydrogen) atoms. The average Bonchev–Trinajstić information content (AvgIpc) is 3.31. The first kappa shape index (κ1) is 25.1. The van der Waals surface area contributed by atoms with Gasteiger partial charge in [-0.1, -0.05) is 18.9 Å². The van der Waals surface area contributed by atoms with E-state index in [2.05, 4.69) is 22.4 Å². The topological polar surface area (TPSA) is 78.3 Å². The Morgan fingerprint density at radius 1 is 1.22 bits per heavy atom. The highest BCUT2D eigenvalue weighted by atomic mass is 19.1. The van der Waals surface area contributed by atoms with Crippen LogP contribution in [0.4, 0.5) is 14.6 Å². The molecular formula is C28H36F2N4O2. The number of unbranched alkanes of at least 4 members (excludes halogenated alkanes) is 1. The molecule has 1 aliphatic carbocycles. The molecule has 2 N–H and O–H groups in total. The lowest BCUT2D eigenvalue weighted by atomic mass is 9.80. The van der Waals surface area contributed by atoms with Crippen molar-refractivity contribution in [3.8, 4) is 0 Å². The fraction of sp³-hybridized carbons (Fsp3) is 0.607. The summed E-state index contributed by atoms with van der Waals surface area (Å²) in [5.74, 6) is -0.564. The molecule has 0 radical (unpaired) electrons. The van der Waals surface area contributed by atoms with Crippen LogP contribution < -0.4 is 5.32 Å². The molecule has 5 rings (SSSR count). The minimum absolute atomic E-state index is 0.190. The number of rotatable bonds is 10. The molecule has 0 bridgehead atoms. The summed E-state index contributed by atoms with van der Waals surface area (Å²) in [6, 6.07) is 4.57. The first-order valence-electron chi connectivity index (χ1n) is 13.5. The van der Waals surface area contributed by atoms with Gasteiger partial charge in [0.15, 0.2) is 0 Å². The molecule has 2 aromatic heterocycles. The van der Waals surface area contributed by atoms with E-state index in [0.717, 1.165) is 69.4 Å². The number of hydrogen-bond acceptors (Lipinski definition) is 5. The normalized spacial score (nSPS) is 21.9. The van der Waals surface area contributed by atoms with Crippen LogP contribution in [0.5, 0.6) is 0 Å². The summed E-state index contributed by atoms with van der Waals surface area (Å²) in [5.41, 5.74) is 3.45. The second kappa shape index (κ2) is 11.2. The number of carboxylic acid groups (broad SMARTS) is 1. The highest BCUT2D eigenvalue weighted by molar-refractivity contribution is 5.76. The quantitative estimate of drug-likeness (QED) is 0.425. The van der Waals surface area contributed by atoms with Gasteiger partial charge in [0.2, 0.25) is 0 Å². The molecule has 3 aliphatic rings. The number of likely N-dealkylation sites (tertiary alicyclic amines) is 1. The maximum Gasteiger partial charge on any atom is 0.325 e. The highest BCUT2D eigenvalue weighted by Crippen LogP contribution is 2.41. The number of pyridine rings is 2. The van der Waals surface area contributed by atoms with Crippen molar-refractivity contribution in [1.82, 2.24) is 14.9 Å². The number of alkyl halides is 1. The number of halogens is 2. The minimum Gasteiger partial charge on any atom is -0.480 e. The molecule has 3 atom stereocenters. The molecule has 2 aliphatic heterocycles. The Balaban J connectivity index is 1.15. The lowest BCUT2D eigenvalue weighted by Gasteiger charge is -2.31. The first-order valence-corrected chi connectivity index (χ1v) is 13.5. The van der Waals surface area contributed by atoms with Crippen LogP contribution in [-0.2, 0) is 17.6 Å². The summed E-state index contributed by atoms with van der Waals surface area (Å²) in [6.45, 7) is 1.83. The molecule has 194 valence electrons. The van der Waals surface area contributed by atoms with Crippen molar-refractivity contribution in [2.75, 3.05) is 25.0 Å². The third-order valence-corrected chi connectivity index (χ3v) is 8.18. The van der Waals surface area contributed by atoms with Crippen LogP contribution in [0, 0.1) is 11.7 Å². The molecule has 0 aromatic carbocycles. The van der Waals surface area contributed by atoms with E-state index in [0.29, 0.717) is 37.2 Å². The Labute approximate surface area is 211 Å². The molecule has 6 nitrogen and oxygen atoms in total. The standard InChI is InChI=1S/C28H36F2N4O2/c29-21-15-23(25(32-16-21)18-5-3-6-18)26(28(35)36)34-14-12-20(17-34)24(30)9-2-1-8-22-11-10-19-7-4-13-31-27(19)33-22/h10-11,15-16,18,20,24,26H,1-9,12-14,17H2,(H,31,33)(H,35,36)/t20-,24?,26-/m1/s1. The Morgan fingerprint density at radius 3 is 2.86 bits per heavy atom. The van der Waals surface area contributed by atoms with E-state index in [1.165, 1.54) is 17.8 Å². The molecule has 8 heteroatoms. The number of carboxylic acids is 1. The smallest absolute Gasteiger partial charge is 0.325 e. The summed E-state index contributed by atoms with van der Waals surface area (Å²) < 4.78 is 29.2. The first-order chi connectivity index (χ1) is 17.5. The average molecular weight is 499 g/mol. The lowest BCUT2D eigenvalue weighted by Crippen LogP contribution is -2.35. The van der Waals surface area contributed by atoms with Gasteiger partial charge in [-0.25, -0.2) is 13.8 Å². The SMILES string of the molecule is O=C(O)[C@@H](c1cc(F)cnc1C1CCC1)N1CC[C@@H](C(F)CCCCc2ccc3c(n2)NCCC3)C1. The van der Waals surface area contributed by atoms with Crippen LogP contribution in [0.25, 0.3) is 0 Å². The van der Waals surface area contributed by atoms with Crippen molar-refractivity contribution in [1.29, 1.82) is 0 Å². The molecule has 0 spiro atoms. The third-order valence-electron chi connectivity index (χ3n) is 8.18. The fourth-order valence-corrected chi connectivity index (χ4v) is 5.93. The van der Waals surface area contributed by atoms with Crippen LogP contribution in [0.15, 0.2) is 24.4 Å². The molecule has 2 fully saturated rings. The van der Waals surface area contributed by atoms with Crippen molar-refractivity contribution in [3.05, 3.63) is 52.7 Å². The number of aromatic nitrogens is 2. The van der Waals surface area contributed by atoms with Gasteiger partial charge in [0.25, 0.3) is 0 Å². The number of fused-ring (bicyclic) bond motifs is 1. The number of nitrogens with zero attached hydrogens (tertiary/aromatic N) is 3. The lowest BCUT2D eigenvalue weighted by molar-refractivity contribution is -0.143. The van der Waals surface area contributed by atoms with Gasteiger partial charge in [0, 0.05) is 41.9 Å². The van der Waals surface area contributed by atoms with Gasteiger partial charge in [0.05, 0.1) is 6.20 Å². The summed E-state index contributed by atoms with van der Waals surface area (Å²) in [6.07, 6.45) is 8.94. The second-order valence-corrected chi connectivity index (χ2v) is 10.6. The number of aryl methyl sites for hydroxylation is 2. The summed E-state index contributed by atoms with van der Waals surface area (Å²) >= 11 is 0. The number of hydrogen-bond donors (Lipinski definition) is 2. The van der Waals surface area contributed by atoms with Crippen LogP contribution in [-0.4, -0.2) is 51.7 Å². The van der Waals surface area contributed by atoms with E-state index in [4.69, 9.17) is 4.98 Å². The number of anilines is 1. The molecule has 4 heterocycles. The Morgan fingerprint density at radius 2 is 2.08 bits per heavy atom. The van der Waals surface area contributed by atoms with Gasteiger partial charge < -0.3 is 10.4 Å². The van der Waals surface area contributed by atoms with E-state index in [1.807, 2.05) is 4.90 Å². The summed E-state index contributed by atoms with van der Waals surface area (Å²) in [5, 5.41) is 13.4. The highest BCUT2D eigenvalue weighted by Gasteiger charge is 2.39. The number of carbonyl (C=O) groups is 1. The van der Waals surface area contributed by atoms with E-state index in [1.54, 1.807) is 0 Å². The van der Waals surface area contributed by atoms with Crippen molar-refractivity contribution in [3.63, 3.8) is 0 Å². The van der Waals surface area contributed by atoms with Gasteiger partial charge >= 0.3 is 5.97 Å². The van der Waals surface area contributed by atoms with Gasteiger partial charge in [-0.05, 0) is 75.6 Å². The zero-order valence-electron chi connectivity index (χ0n) is 20.8. The van der Waals surface area contributed by atoms with E-state index in [9.17, 15) is 14.3 Å². The largest absolute Gasteiger partial charge is 0.480 e. The van der Waals surface area contributed by atoms with Crippen molar-refractivity contribution in [2.45, 2.75) is 82.3 Å². The van der Waals surface area contributed by atoms with Crippen LogP contribution in [0.1, 0.15) is 85.8 Å². The minimum atomic E-state index is -1.02. The summed E-state index contributed by atoms with van der Waals surface area (Å²) in [4.78, 5) is 23.1. The fourth-order valence-electron chi connectivity index (χ4n) is 5.93. The molecular weight excluding hydrogens is 462 g/mol. The maximum atomic E-state index is 15.2. The van der Waals surface area contributed by atoms with Crippen molar-refractivity contribution >= 4 is 11.8 Å². The summed E-state index contributed by atoms with van der Waals surface area (Å²) in [7, 11) is 0. The molecule has 2 aromatic rings. The van der Waals surface area contributed by atoms with Gasteiger partial charge in [-0.3, -0.25) is 14.7 Å². The predicted molar refractivity (Wildman–Crippen MR) is 134 cm³/mol. The number of aliphatic carboxylic acids is 1. The van der Waals surface area contributed by atoms with E-state index < -0.39 is 24.0 Å². The molecule has 0 amide bonds. The molecule has 1 saturated heterocycles. The van der Waals surface area contributed by atoms with Gasteiger partial charge in [0.1, 0.15) is 23.8 Å².